The summed E-state index contributed by atoms with van der Waals surface area (Å²) in [5.41, 5.74) is 2.39. The first kappa shape index (κ1) is 18.6. The first-order valence-corrected chi connectivity index (χ1v) is 9.67. The summed E-state index contributed by atoms with van der Waals surface area (Å²) in [6.07, 6.45) is 0. The normalized spacial score (nSPS) is 10.7. The predicted molar refractivity (Wildman–Crippen MR) is 109 cm³/mol. The molecule has 0 aliphatic heterocycles. The number of H-pyrrole nitrogens is 1. The number of carbonyl (C=O) groups is 1. The Morgan fingerprint density at radius 3 is 2.76 bits per heavy atom. The zero-order valence-electron chi connectivity index (χ0n) is 15.3. The quantitative estimate of drug-likeness (QED) is 0.502. The van der Waals surface area contributed by atoms with Gasteiger partial charge in [0, 0.05) is 22.2 Å². The molecule has 2 aromatic heterocycles. The molecule has 2 aromatic carbocycles. The lowest BCUT2D eigenvalue weighted by molar-refractivity contribution is 0.102. The number of nitrogens with one attached hydrogen (secondary N) is 2. The number of thiazole rings is 1. The Morgan fingerprint density at radius 1 is 1.21 bits per heavy atom. The molecule has 0 aliphatic rings. The Morgan fingerprint density at radius 2 is 2.03 bits per heavy atom. The summed E-state index contributed by atoms with van der Waals surface area (Å²) < 4.78 is 9.95. The van der Waals surface area contributed by atoms with Crippen LogP contribution in [0, 0.1) is 0 Å². The van der Waals surface area contributed by atoms with Crippen LogP contribution in [0.15, 0.2) is 63.2 Å². The van der Waals surface area contributed by atoms with Gasteiger partial charge in [-0.25, -0.2) is 9.78 Å². The Balaban J connectivity index is 1.49. The number of carbonyl (C=O) groups excluding carboxylic acids is 1. The summed E-state index contributed by atoms with van der Waals surface area (Å²) in [5.74, 6) is 0.111. The monoisotopic (exact) mass is 408 g/mol. The maximum absolute atomic E-state index is 12.6. The highest BCUT2D eigenvalue weighted by molar-refractivity contribution is 7.13. The lowest BCUT2D eigenvalue weighted by atomic mass is 10.2. The fraction of sp³-hybridized carbons (Fsp3) is 0.100. The topological polar surface area (TPSA) is 110 Å². The first-order valence-electron chi connectivity index (χ1n) is 8.79. The largest absolute Gasteiger partial charge is 0.494 e. The number of nitrogens with zero attached hydrogens (tertiary/aromatic N) is 2. The van der Waals surface area contributed by atoms with Crippen molar-refractivity contribution in [2.45, 2.75) is 6.92 Å². The Labute approximate surface area is 169 Å². The van der Waals surface area contributed by atoms with Crippen molar-refractivity contribution in [2.75, 3.05) is 11.9 Å². The van der Waals surface area contributed by atoms with Crippen LogP contribution in [0.3, 0.4) is 0 Å². The molecular formula is C20H16N4O4S. The van der Waals surface area contributed by atoms with Crippen molar-refractivity contribution in [2.24, 2.45) is 0 Å². The van der Waals surface area contributed by atoms with E-state index in [0.717, 1.165) is 16.3 Å². The molecule has 2 heterocycles. The predicted octanol–water partition coefficient (Wildman–Crippen LogP) is 3.80. The van der Waals surface area contributed by atoms with E-state index in [1.54, 1.807) is 29.6 Å². The molecule has 8 nitrogen and oxygen atoms in total. The number of hydrogen-bond donors (Lipinski definition) is 2. The second kappa shape index (κ2) is 8.11. The SMILES string of the molecule is CCOc1ccc(-c2nc(C(=O)Nc3cccc(-c4noc(=O)[nH]4)c3)cs2)cc1. The van der Waals surface area contributed by atoms with Crippen molar-refractivity contribution in [3.8, 4) is 27.7 Å². The molecule has 9 heteroatoms. The van der Waals surface area contributed by atoms with E-state index in [1.807, 2.05) is 31.2 Å². The maximum atomic E-state index is 12.6. The molecule has 4 rings (SSSR count). The number of benzene rings is 2. The molecule has 0 bridgehead atoms. The van der Waals surface area contributed by atoms with Crippen LogP contribution in [0.4, 0.5) is 5.69 Å². The molecule has 2 N–H and O–H groups in total. The van der Waals surface area contributed by atoms with Gasteiger partial charge in [0.1, 0.15) is 16.5 Å². The smallest absolute Gasteiger partial charge is 0.439 e. The van der Waals surface area contributed by atoms with Crippen molar-refractivity contribution in [3.05, 3.63) is 70.2 Å². The van der Waals surface area contributed by atoms with Gasteiger partial charge < -0.3 is 10.1 Å². The third-order valence-electron chi connectivity index (χ3n) is 3.98. The number of amides is 1. The summed E-state index contributed by atoms with van der Waals surface area (Å²) in [4.78, 5) is 30.6. The van der Waals surface area contributed by atoms with Gasteiger partial charge in [-0.2, -0.15) is 0 Å². The van der Waals surface area contributed by atoms with Crippen molar-refractivity contribution in [3.63, 3.8) is 0 Å². The minimum absolute atomic E-state index is 0.289. The number of rotatable bonds is 6. The molecule has 0 spiro atoms. The molecule has 0 unspecified atom stereocenters. The molecule has 0 fully saturated rings. The van der Waals surface area contributed by atoms with Crippen LogP contribution < -0.4 is 15.8 Å². The third-order valence-corrected chi connectivity index (χ3v) is 4.87. The van der Waals surface area contributed by atoms with Crippen molar-refractivity contribution in [1.82, 2.24) is 15.1 Å². The molecular weight excluding hydrogens is 392 g/mol. The number of anilines is 1. The van der Waals surface area contributed by atoms with Crippen LogP contribution in [0.5, 0.6) is 5.75 Å². The third kappa shape index (κ3) is 4.25. The Hall–Kier alpha value is -3.72. The molecule has 29 heavy (non-hydrogen) atoms. The second-order valence-corrected chi connectivity index (χ2v) is 6.83. The van der Waals surface area contributed by atoms with Gasteiger partial charge in [-0.05, 0) is 43.3 Å². The molecule has 1 amide bonds. The summed E-state index contributed by atoms with van der Waals surface area (Å²) in [7, 11) is 0. The van der Waals surface area contributed by atoms with E-state index >= 15 is 0 Å². The van der Waals surface area contributed by atoms with Gasteiger partial charge in [0.25, 0.3) is 5.91 Å². The van der Waals surface area contributed by atoms with Gasteiger partial charge in [0.2, 0.25) is 0 Å². The molecule has 0 atom stereocenters. The Kier molecular flexibility index (Phi) is 5.21. The zero-order chi connectivity index (χ0) is 20.2. The van der Waals surface area contributed by atoms with Crippen molar-refractivity contribution < 1.29 is 14.1 Å². The summed E-state index contributed by atoms with van der Waals surface area (Å²) >= 11 is 1.39. The minimum Gasteiger partial charge on any atom is -0.494 e. The molecule has 4 aromatic rings. The van der Waals surface area contributed by atoms with Crippen LogP contribution >= 0.6 is 11.3 Å². The van der Waals surface area contributed by atoms with E-state index < -0.39 is 5.76 Å². The number of ether oxygens (including phenoxy) is 1. The van der Waals surface area contributed by atoms with E-state index in [9.17, 15) is 9.59 Å². The lowest BCUT2D eigenvalue weighted by Gasteiger charge is -2.05. The average molecular weight is 408 g/mol. The lowest BCUT2D eigenvalue weighted by Crippen LogP contribution is -2.12. The van der Waals surface area contributed by atoms with Crippen LogP contribution in [0.25, 0.3) is 22.0 Å². The maximum Gasteiger partial charge on any atom is 0.439 e. The van der Waals surface area contributed by atoms with E-state index in [-0.39, 0.29) is 11.7 Å². The summed E-state index contributed by atoms with van der Waals surface area (Å²) in [6.45, 7) is 2.54. The molecule has 0 aliphatic carbocycles. The summed E-state index contributed by atoms with van der Waals surface area (Å²) in [6, 6.07) is 14.5. The van der Waals surface area contributed by atoms with E-state index in [0.29, 0.717) is 23.6 Å². The van der Waals surface area contributed by atoms with Gasteiger partial charge in [-0.15, -0.1) is 11.3 Å². The van der Waals surface area contributed by atoms with Gasteiger partial charge in [-0.1, -0.05) is 17.3 Å². The second-order valence-electron chi connectivity index (χ2n) is 5.97. The average Bonchev–Trinajstić information content (AvgIpc) is 3.39. The van der Waals surface area contributed by atoms with Crippen molar-refractivity contribution >= 4 is 22.9 Å². The molecule has 0 saturated heterocycles. The van der Waals surface area contributed by atoms with Crippen molar-refractivity contribution in [1.29, 1.82) is 0 Å². The van der Waals surface area contributed by atoms with E-state index in [2.05, 4.69) is 25.0 Å². The van der Waals surface area contributed by atoms with Gasteiger partial charge >= 0.3 is 5.76 Å². The molecule has 0 saturated carbocycles. The molecule has 0 radical (unpaired) electrons. The molecule has 146 valence electrons. The number of hydrogen-bond acceptors (Lipinski definition) is 7. The minimum atomic E-state index is -0.640. The highest BCUT2D eigenvalue weighted by atomic mass is 32.1. The van der Waals surface area contributed by atoms with Gasteiger partial charge in [-0.3, -0.25) is 14.3 Å². The first-order chi connectivity index (χ1) is 14.1. The fourth-order valence-corrected chi connectivity index (χ4v) is 3.47. The van der Waals surface area contributed by atoms with E-state index in [4.69, 9.17) is 4.74 Å². The highest BCUT2D eigenvalue weighted by Gasteiger charge is 2.13. The van der Waals surface area contributed by atoms with Crippen LogP contribution in [-0.4, -0.2) is 27.6 Å². The fourth-order valence-electron chi connectivity index (χ4n) is 2.66. The Bertz CT molecular complexity index is 1190. The van der Waals surface area contributed by atoms with E-state index in [1.165, 1.54) is 11.3 Å². The van der Waals surface area contributed by atoms with Crippen LogP contribution in [0.2, 0.25) is 0 Å². The van der Waals surface area contributed by atoms with Gasteiger partial charge in [0.05, 0.1) is 6.61 Å². The standard InChI is InChI=1S/C20H16N4O4S/c1-2-27-15-8-6-12(7-9-15)19-22-16(11-29-19)18(25)21-14-5-3-4-13(10-14)17-23-20(26)28-24-17/h3-11H,2H2,1H3,(H,21,25)(H,23,24,26). The highest BCUT2D eigenvalue weighted by Crippen LogP contribution is 2.26. The van der Waals surface area contributed by atoms with Crippen LogP contribution in [-0.2, 0) is 0 Å². The zero-order valence-corrected chi connectivity index (χ0v) is 16.2. The van der Waals surface area contributed by atoms with Gasteiger partial charge in [0.15, 0.2) is 5.82 Å². The number of aromatic amines is 1. The summed E-state index contributed by atoms with van der Waals surface area (Å²) in [5, 5.41) is 8.90. The van der Waals surface area contributed by atoms with Crippen LogP contribution in [0.1, 0.15) is 17.4 Å². The number of aromatic nitrogens is 3.